The van der Waals surface area contributed by atoms with Crippen LogP contribution in [-0.2, 0) is 4.74 Å². The highest BCUT2D eigenvalue weighted by Crippen LogP contribution is 2.24. The number of nitrogen functional groups attached to an aromatic ring is 1. The molecule has 20 heavy (non-hydrogen) atoms. The normalized spacial score (nSPS) is 16.4. The first-order valence-corrected chi connectivity index (χ1v) is 7.28. The second-order valence-corrected chi connectivity index (χ2v) is 5.63. The quantitative estimate of drug-likeness (QED) is 0.664. The van der Waals surface area contributed by atoms with Crippen LogP contribution in [-0.4, -0.2) is 17.6 Å². The molecule has 0 saturated heterocycles. The second kappa shape index (κ2) is 5.57. The molecule has 0 atom stereocenters. The molecule has 0 radical (unpaired) electrons. The maximum atomic E-state index is 12.1. The first-order valence-electron chi connectivity index (χ1n) is 7.28. The molecule has 1 aliphatic carbocycles. The molecule has 0 aliphatic heterocycles. The Morgan fingerprint density at radius 1 is 1.25 bits per heavy atom. The standard InChI is InChI=1S/C16H20N2O2/c17-13-6-7-14-12(8-13)9-15(18-14)16(19)20-10-11-4-2-1-3-5-11/h6-9,11,18H,1-5,10,17H2. The Hall–Kier alpha value is -1.97. The van der Waals surface area contributed by atoms with Crippen LogP contribution in [0.15, 0.2) is 24.3 Å². The van der Waals surface area contributed by atoms with Crippen molar-refractivity contribution in [3.05, 3.63) is 30.0 Å². The predicted molar refractivity (Wildman–Crippen MR) is 79.6 cm³/mol. The molecule has 0 unspecified atom stereocenters. The minimum absolute atomic E-state index is 0.273. The van der Waals surface area contributed by atoms with Gasteiger partial charge in [0.05, 0.1) is 6.61 Å². The van der Waals surface area contributed by atoms with Gasteiger partial charge in [-0.3, -0.25) is 0 Å². The van der Waals surface area contributed by atoms with Crippen LogP contribution in [0.2, 0.25) is 0 Å². The van der Waals surface area contributed by atoms with Crippen molar-refractivity contribution in [2.75, 3.05) is 12.3 Å². The summed E-state index contributed by atoms with van der Waals surface area (Å²) in [6.07, 6.45) is 6.18. The van der Waals surface area contributed by atoms with Gasteiger partial charge in [0.15, 0.2) is 0 Å². The highest BCUT2D eigenvalue weighted by Gasteiger charge is 2.17. The first kappa shape index (κ1) is 13.0. The zero-order valence-corrected chi connectivity index (χ0v) is 11.5. The van der Waals surface area contributed by atoms with Crippen LogP contribution in [0.3, 0.4) is 0 Å². The summed E-state index contributed by atoms with van der Waals surface area (Å²) in [4.78, 5) is 15.1. The minimum atomic E-state index is -0.273. The van der Waals surface area contributed by atoms with Gasteiger partial charge in [0, 0.05) is 16.6 Å². The Morgan fingerprint density at radius 3 is 2.85 bits per heavy atom. The Bertz CT molecular complexity index is 612. The third-order valence-corrected chi connectivity index (χ3v) is 4.04. The van der Waals surface area contributed by atoms with Crippen LogP contribution in [0, 0.1) is 5.92 Å². The van der Waals surface area contributed by atoms with E-state index >= 15 is 0 Å². The number of hydrogen-bond donors (Lipinski definition) is 2. The molecule has 1 aromatic carbocycles. The zero-order valence-electron chi connectivity index (χ0n) is 11.5. The monoisotopic (exact) mass is 272 g/mol. The van der Waals surface area contributed by atoms with Gasteiger partial charge in [-0.1, -0.05) is 19.3 Å². The maximum Gasteiger partial charge on any atom is 0.354 e. The van der Waals surface area contributed by atoms with Crippen molar-refractivity contribution >= 4 is 22.6 Å². The second-order valence-electron chi connectivity index (χ2n) is 5.63. The Kier molecular flexibility index (Phi) is 3.63. The van der Waals surface area contributed by atoms with Gasteiger partial charge >= 0.3 is 5.97 Å². The lowest BCUT2D eigenvalue weighted by atomic mass is 9.90. The van der Waals surface area contributed by atoms with Crippen LogP contribution in [0.25, 0.3) is 10.9 Å². The summed E-state index contributed by atoms with van der Waals surface area (Å²) in [7, 11) is 0. The van der Waals surface area contributed by atoms with Gasteiger partial charge in [0.1, 0.15) is 5.69 Å². The van der Waals surface area contributed by atoms with Crippen molar-refractivity contribution in [1.82, 2.24) is 4.98 Å². The molecule has 1 aromatic heterocycles. The van der Waals surface area contributed by atoms with E-state index in [0.717, 1.165) is 10.9 Å². The molecular weight excluding hydrogens is 252 g/mol. The van der Waals surface area contributed by atoms with Crippen LogP contribution in [0.5, 0.6) is 0 Å². The number of rotatable bonds is 3. The summed E-state index contributed by atoms with van der Waals surface area (Å²) in [5, 5.41) is 0.939. The van der Waals surface area contributed by atoms with E-state index in [9.17, 15) is 4.79 Å². The molecule has 1 heterocycles. The molecule has 0 spiro atoms. The molecule has 0 bridgehead atoms. The van der Waals surface area contributed by atoms with Crippen molar-refractivity contribution in [3.63, 3.8) is 0 Å². The van der Waals surface area contributed by atoms with Crippen LogP contribution in [0.4, 0.5) is 5.69 Å². The van der Waals surface area contributed by atoms with Gasteiger partial charge in [-0.05, 0) is 43.0 Å². The lowest BCUT2D eigenvalue weighted by Crippen LogP contribution is -2.16. The van der Waals surface area contributed by atoms with E-state index in [2.05, 4.69) is 4.98 Å². The molecule has 1 aliphatic rings. The molecule has 1 fully saturated rings. The number of nitrogens with one attached hydrogen (secondary N) is 1. The predicted octanol–water partition coefficient (Wildman–Crippen LogP) is 3.49. The van der Waals surface area contributed by atoms with E-state index in [0.29, 0.717) is 23.9 Å². The van der Waals surface area contributed by atoms with E-state index in [1.165, 1.54) is 32.1 Å². The number of aromatic nitrogens is 1. The van der Waals surface area contributed by atoms with E-state index in [4.69, 9.17) is 10.5 Å². The van der Waals surface area contributed by atoms with Crippen molar-refractivity contribution in [2.24, 2.45) is 5.92 Å². The topological polar surface area (TPSA) is 68.1 Å². The summed E-state index contributed by atoms with van der Waals surface area (Å²) in [6.45, 7) is 0.538. The molecular formula is C16H20N2O2. The number of ether oxygens (including phenoxy) is 1. The number of anilines is 1. The number of benzene rings is 1. The van der Waals surface area contributed by atoms with Crippen LogP contribution < -0.4 is 5.73 Å². The van der Waals surface area contributed by atoms with Gasteiger partial charge in [-0.2, -0.15) is 0 Å². The number of H-pyrrole nitrogens is 1. The van der Waals surface area contributed by atoms with Crippen molar-refractivity contribution in [2.45, 2.75) is 32.1 Å². The van der Waals surface area contributed by atoms with E-state index in [-0.39, 0.29) is 5.97 Å². The number of esters is 1. The summed E-state index contributed by atoms with van der Waals surface area (Å²) in [5.41, 5.74) is 7.84. The average Bonchev–Trinajstić information content (AvgIpc) is 2.89. The largest absolute Gasteiger partial charge is 0.461 e. The lowest BCUT2D eigenvalue weighted by Gasteiger charge is -2.20. The molecule has 1 saturated carbocycles. The summed E-state index contributed by atoms with van der Waals surface area (Å²) >= 11 is 0. The molecule has 4 nitrogen and oxygen atoms in total. The smallest absolute Gasteiger partial charge is 0.354 e. The third kappa shape index (κ3) is 2.79. The number of carbonyl (C=O) groups is 1. The molecule has 106 valence electrons. The van der Waals surface area contributed by atoms with Crippen molar-refractivity contribution in [1.29, 1.82) is 0 Å². The fourth-order valence-corrected chi connectivity index (χ4v) is 2.89. The third-order valence-electron chi connectivity index (χ3n) is 4.04. The lowest BCUT2D eigenvalue weighted by molar-refractivity contribution is 0.0404. The summed E-state index contributed by atoms with van der Waals surface area (Å²) < 4.78 is 5.43. The molecule has 3 rings (SSSR count). The van der Waals surface area contributed by atoms with Crippen molar-refractivity contribution < 1.29 is 9.53 Å². The van der Waals surface area contributed by atoms with Gasteiger partial charge in [0.25, 0.3) is 0 Å². The number of hydrogen-bond acceptors (Lipinski definition) is 3. The van der Waals surface area contributed by atoms with Gasteiger partial charge in [0.2, 0.25) is 0 Å². The number of fused-ring (bicyclic) bond motifs is 1. The SMILES string of the molecule is Nc1ccc2[nH]c(C(=O)OCC3CCCCC3)cc2c1. The Morgan fingerprint density at radius 2 is 2.05 bits per heavy atom. The van der Waals surface area contributed by atoms with E-state index < -0.39 is 0 Å². The fourth-order valence-electron chi connectivity index (χ4n) is 2.89. The highest BCUT2D eigenvalue weighted by molar-refractivity contribution is 5.95. The molecule has 4 heteroatoms. The summed E-state index contributed by atoms with van der Waals surface area (Å²) in [5.74, 6) is 0.262. The number of carbonyl (C=O) groups excluding carboxylic acids is 1. The first-order chi connectivity index (χ1) is 9.72. The number of nitrogens with two attached hydrogens (primary N) is 1. The van der Waals surface area contributed by atoms with Gasteiger partial charge in [-0.25, -0.2) is 4.79 Å². The fraction of sp³-hybridized carbons (Fsp3) is 0.438. The van der Waals surface area contributed by atoms with E-state index in [1.807, 2.05) is 18.2 Å². The van der Waals surface area contributed by atoms with Crippen LogP contribution in [0.1, 0.15) is 42.6 Å². The van der Waals surface area contributed by atoms with Crippen molar-refractivity contribution in [3.8, 4) is 0 Å². The van der Waals surface area contributed by atoms with Crippen LogP contribution >= 0.6 is 0 Å². The minimum Gasteiger partial charge on any atom is -0.461 e. The number of aromatic amines is 1. The highest BCUT2D eigenvalue weighted by atomic mass is 16.5. The zero-order chi connectivity index (χ0) is 13.9. The molecule has 3 N–H and O–H groups in total. The summed E-state index contributed by atoms with van der Waals surface area (Å²) in [6, 6.07) is 7.34. The maximum absolute atomic E-state index is 12.1. The molecule has 0 amide bonds. The Balaban J connectivity index is 1.65. The van der Waals surface area contributed by atoms with Gasteiger partial charge in [-0.15, -0.1) is 0 Å². The van der Waals surface area contributed by atoms with Gasteiger partial charge < -0.3 is 15.5 Å². The Labute approximate surface area is 118 Å². The van der Waals surface area contributed by atoms with E-state index in [1.54, 1.807) is 6.07 Å². The molecule has 2 aromatic rings. The average molecular weight is 272 g/mol.